The van der Waals surface area contributed by atoms with Crippen LogP contribution in [0.15, 0.2) is 71.5 Å². The summed E-state index contributed by atoms with van der Waals surface area (Å²) in [5, 5.41) is 0. The highest BCUT2D eigenvalue weighted by molar-refractivity contribution is 5.36. The lowest BCUT2D eigenvalue weighted by Crippen LogP contribution is -2.02. The van der Waals surface area contributed by atoms with E-state index in [4.69, 9.17) is 4.42 Å². The first-order valence-corrected chi connectivity index (χ1v) is 5.67. The fourth-order valence-corrected chi connectivity index (χ4v) is 2.12. The summed E-state index contributed by atoms with van der Waals surface area (Å²) >= 11 is 0. The molecule has 0 radical (unpaired) electrons. The van der Waals surface area contributed by atoms with Crippen LogP contribution < -0.4 is 0 Å². The molecule has 0 saturated heterocycles. The molecule has 84 valence electrons. The number of rotatable bonds is 3. The van der Waals surface area contributed by atoms with Gasteiger partial charge >= 0.3 is 0 Å². The highest BCUT2D eigenvalue weighted by Gasteiger charge is 2.19. The van der Waals surface area contributed by atoms with E-state index in [1.807, 2.05) is 42.6 Å². The first-order valence-electron chi connectivity index (χ1n) is 5.67. The van der Waals surface area contributed by atoms with E-state index in [0.29, 0.717) is 0 Å². The summed E-state index contributed by atoms with van der Waals surface area (Å²) in [7, 11) is 0. The highest BCUT2D eigenvalue weighted by Crippen LogP contribution is 2.30. The quantitative estimate of drug-likeness (QED) is 0.719. The molecule has 2 heteroatoms. The Bertz CT molecular complexity index is 518. The summed E-state index contributed by atoms with van der Waals surface area (Å²) in [5.41, 5.74) is 2.37. The summed E-state index contributed by atoms with van der Waals surface area (Å²) in [6, 6.07) is 18.4. The van der Waals surface area contributed by atoms with Crippen molar-refractivity contribution in [3.8, 4) is 0 Å². The molecule has 3 aromatic rings. The monoisotopic (exact) mass is 223 g/mol. The van der Waals surface area contributed by atoms with Gasteiger partial charge in [-0.1, -0.05) is 30.3 Å². The van der Waals surface area contributed by atoms with E-state index in [2.05, 4.69) is 23.2 Å². The summed E-state index contributed by atoms with van der Waals surface area (Å²) in [5.74, 6) is 1.10. The van der Waals surface area contributed by atoms with Crippen LogP contribution >= 0.6 is 0 Å². The minimum atomic E-state index is 0.140. The van der Waals surface area contributed by atoms with Gasteiger partial charge in [-0.2, -0.15) is 0 Å². The van der Waals surface area contributed by atoms with Gasteiger partial charge in [0.15, 0.2) is 0 Å². The van der Waals surface area contributed by atoms with Crippen LogP contribution in [0.3, 0.4) is 0 Å². The van der Waals surface area contributed by atoms with Gasteiger partial charge in [0, 0.05) is 11.9 Å². The third-order valence-corrected chi connectivity index (χ3v) is 2.89. The van der Waals surface area contributed by atoms with E-state index in [1.165, 1.54) is 5.56 Å². The number of aromatic nitrogens is 1. The lowest BCUT2D eigenvalue weighted by atomic mass is 9.93. The van der Waals surface area contributed by atoms with Crippen LogP contribution in [0.25, 0.3) is 0 Å². The summed E-state index contributed by atoms with van der Waals surface area (Å²) in [4.78, 5) is 3.26. The van der Waals surface area contributed by atoms with Crippen LogP contribution in [-0.2, 0) is 0 Å². The maximum absolute atomic E-state index is 5.55. The Hall–Kier alpha value is -2.22. The Morgan fingerprint density at radius 2 is 1.76 bits per heavy atom. The highest BCUT2D eigenvalue weighted by atomic mass is 16.3. The van der Waals surface area contributed by atoms with Gasteiger partial charge in [-0.05, 0) is 29.8 Å². The van der Waals surface area contributed by atoms with Crippen molar-refractivity contribution in [2.75, 3.05) is 0 Å². The van der Waals surface area contributed by atoms with Crippen LogP contribution in [0.1, 0.15) is 22.9 Å². The van der Waals surface area contributed by atoms with Crippen molar-refractivity contribution in [3.05, 3.63) is 84.1 Å². The van der Waals surface area contributed by atoms with Crippen LogP contribution in [0, 0.1) is 0 Å². The average molecular weight is 223 g/mol. The maximum Gasteiger partial charge on any atom is 0.117 e. The van der Waals surface area contributed by atoms with Crippen molar-refractivity contribution in [2.24, 2.45) is 0 Å². The van der Waals surface area contributed by atoms with Crippen LogP contribution in [0.5, 0.6) is 0 Å². The van der Waals surface area contributed by atoms with Crippen molar-refractivity contribution in [1.29, 1.82) is 0 Å². The minimum Gasteiger partial charge on any atom is -0.468 e. The van der Waals surface area contributed by atoms with Gasteiger partial charge in [0.25, 0.3) is 0 Å². The predicted molar refractivity (Wildman–Crippen MR) is 66.9 cm³/mol. The maximum atomic E-state index is 5.55. The molecule has 0 aliphatic carbocycles. The summed E-state index contributed by atoms with van der Waals surface area (Å²) in [6.45, 7) is 0. The van der Waals surface area contributed by atoms with Gasteiger partial charge in [-0.25, -0.2) is 0 Å². The molecule has 1 N–H and O–H groups in total. The Balaban J connectivity index is 2.10. The Morgan fingerprint density at radius 3 is 2.41 bits per heavy atom. The fourth-order valence-electron chi connectivity index (χ4n) is 2.12. The molecular formula is C15H13NO. The molecule has 2 aromatic heterocycles. The number of furan rings is 1. The van der Waals surface area contributed by atoms with E-state index in [-0.39, 0.29) is 5.92 Å². The van der Waals surface area contributed by atoms with Gasteiger partial charge in [0.2, 0.25) is 0 Å². The van der Waals surface area contributed by atoms with Gasteiger partial charge in [0.05, 0.1) is 12.2 Å². The van der Waals surface area contributed by atoms with E-state index < -0.39 is 0 Å². The molecule has 1 aromatic carbocycles. The Labute approximate surface area is 99.9 Å². The minimum absolute atomic E-state index is 0.140. The number of aromatic amines is 1. The van der Waals surface area contributed by atoms with E-state index in [9.17, 15) is 0 Å². The second-order valence-electron chi connectivity index (χ2n) is 3.98. The molecule has 0 bridgehead atoms. The lowest BCUT2D eigenvalue weighted by Gasteiger charge is -2.13. The van der Waals surface area contributed by atoms with Crippen molar-refractivity contribution < 1.29 is 4.42 Å². The topological polar surface area (TPSA) is 28.9 Å². The second kappa shape index (κ2) is 4.34. The molecule has 0 aliphatic rings. The molecule has 2 nitrogen and oxygen atoms in total. The Morgan fingerprint density at radius 1 is 0.882 bits per heavy atom. The lowest BCUT2D eigenvalue weighted by molar-refractivity contribution is 0.501. The van der Waals surface area contributed by atoms with Gasteiger partial charge in [-0.3, -0.25) is 0 Å². The number of H-pyrrole nitrogens is 1. The molecule has 0 spiro atoms. The van der Waals surface area contributed by atoms with Gasteiger partial charge < -0.3 is 9.40 Å². The smallest absolute Gasteiger partial charge is 0.117 e. The average Bonchev–Trinajstić information content (AvgIpc) is 3.04. The number of hydrogen-bond donors (Lipinski definition) is 1. The normalized spacial score (nSPS) is 12.5. The molecule has 0 amide bonds. The Kier molecular flexibility index (Phi) is 2.54. The van der Waals surface area contributed by atoms with Crippen LogP contribution in [-0.4, -0.2) is 4.98 Å². The van der Waals surface area contributed by atoms with E-state index >= 15 is 0 Å². The summed E-state index contributed by atoms with van der Waals surface area (Å²) in [6.07, 6.45) is 3.66. The summed E-state index contributed by atoms with van der Waals surface area (Å²) < 4.78 is 5.55. The van der Waals surface area contributed by atoms with Crippen molar-refractivity contribution >= 4 is 0 Å². The van der Waals surface area contributed by atoms with Crippen LogP contribution in [0.2, 0.25) is 0 Å². The van der Waals surface area contributed by atoms with Gasteiger partial charge in [-0.15, -0.1) is 0 Å². The molecule has 1 atom stereocenters. The number of hydrogen-bond acceptors (Lipinski definition) is 1. The van der Waals surface area contributed by atoms with E-state index in [1.54, 1.807) is 6.26 Å². The van der Waals surface area contributed by atoms with Crippen molar-refractivity contribution in [2.45, 2.75) is 5.92 Å². The number of benzene rings is 1. The molecule has 0 saturated carbocycles. The van der Waals surface area contributed by atoms with Gasteiger partial charge in [0.1, 0.15) is 5.76 Å². The van der Waals surface area contributed by atoms with Crippen molar-refractivity contribution in [3.63, 3.8) is 0 Å². The standard InChI is InChI=1S/C15H13NO/c1-2-6-12(7-3-1)15(13-8-4-10-16-13)14-9-5-11-17-14/h1-11,15-16H. The molecule has 2 heterocycles. The zero-order valence-electron chi connectivity index (χ0n) is 9.34. The number of nitrogens with one attached hydrogen (secondary N) is 1. The first kappa shape index (κ1) is 9.97. The fraction of sp³-hybridized carbons (Fsp3) is 0.0667. The molecule has 17 heavy (non-hydrogen) atoms. The van der Waals surface area contributed by atoms with Crippen molar-refractivity contribution in [1.82, 2.24) is 4.98 Å². The molecule has 3 rings (SSSR count). The largest absolute Gasteiger partial charge is 0.468 e. The van der Waals surface area contributed by atoms with Crippen LogP contribution in [0.4, 0.5) is 0 Å². The molecule has 0 fully saturated rings. The first-order chi connectivity index (χ1) is 8.45. The SMILES string of the molecule is c1ccc(C(c2ccc[nH]2)c2ccco2)cc1. The molecule has 1 unspecified atom stereocenters. The second-order valence-corrected chi connectivity index (χ2v) is 3.98. The predicted octanol–water partition coefficient (Wildman–Crippen LogP) is 3.79. The zero-order valence-corrected chi connectivity index (χ0v) is 9.34. The third kappa shape index (κ3) is 1.89. The zero-order chi connectivity index (χ0) is 11.5. The molecular weight excluding hydrogens is 210 g/mol. The van der Waals surface area contributed by atoms with E-state index in [0.717, 1.165) is 11.5 Å². The third-order valence-electron chi connectivity index (χ3n) is 2.89. The molecule has 0 aliphatic heterocycles.